The Labute approximate surface area is 88.8 Å². The first kappa shape index (κ1) is 12.5. The number of hydrogen-bond acceptors (Lipinski definition) is 4. The van der Waals surface area contributed by atoms with E-state index in [9.17, 15) is 0 Å². The molecule has 0 bridgehead atoms. The lowest BCUT2D eigenvalue weighted by atomic mass is 10.3. The molecule has 0 aliphatic carbocycles. The Kier molecular flexibility index (Phi) is 6.82. The van der Waals surface area contributed by atoms with Crippen molar-refractivity contribution in [3.63, 3.8) is 0 Å². The van der Waals surface area contributed by atoms with Crippen molar-refractivity contribution in [2.75, 3.05) is 7.11 Å². The SMILES string of the molecule is COc1ccccc1.N#C/C=C(/N)C#N. The first-order valence-corrected chi connectivity index (χ1v) is 4.09. The van der Waals surface area contributed by atoms with Crippen LogP contribution in [-0.4, -0.2) is 7.11 Å². The standard InChI is InChI=1S/C7H8O.C4H3N3/c1-8-7-5-3-2-4-6-7;5-2-1-4(7)3-6/h2-6H,1H3;1H,7H2/b;4-1+. The average Bonchev–Trinajstić information content (AvgIpc) is 2.31. The van der Waals surface area contributed by atoms with Gasteiger partial charge in [-0.3, -0.25) is 0 Å². The lowest BCUT2D eigenvalue weighted by Gasteiger charge is -1.93. The van der Waals surface area contributed by atoms with Crippen LogP contribution >= 0.6 is 0 Å². The van der Waals surface area contributed by atoms with Gasteiger partial charge >= 0.3 is 0 Å². The molecular formula is C11H11N3O. The van der Waals surface area contributed by atoms with Gasteiger partial charge in [0.05, 0.1) is 13.2 Å². The quantitative estimate of drug-likeness (QED) is 0.699. The van der Waals surface area contributed by atoms with Crippen molar-refractivity contribution in [2.45, 2.75) is 0 Å². The highest BCUT2D eigenvalue weighted by Crippen LogP contribution is 2.05. The molecule has 4 heteroatoms. The van der Waals surface area contributed by atoms with Gasteiger partial charge < -0.3 is 10.5 Å². The summed E-state index contributed by atoms with van der Waals surface area (Å²) in [5.74, 6) is 0.910. The van der Waals surface area contributed by atoms with Gasteiger partial charge in [-0.05, 0) is 12.1 Å². The highest BCUT2D eigenvalue weighted by atomic mass is 16.5. The van der Waals surface area contributed by atoms with Crippen LogP contribution in [-0.2, 0) is 0 Å². The van der Waals surface area contributed by atoms with E-state index >= 15 is 0 Å². The topological polar surface area (TPSA) is 82.8 Å². The van der Waals surface area contributed by atoms with E-state index in [1.54, 1.807) is 19.2 Å². The molecule has 0 radical (unpaired) electrons. The Balaban J connectivity index is 0.000000265. The summed E-state index contributed by atoms with van der Waals surface area (Å²) in [7, 11) is 1.66. The van der Waals surface area contributed by atoms with E-state index < -0.39 is 0 Å². The molecule has 0 aromatic heterocycles. The zero-order valence-electron chi connectivity index (χ0n) is 8.34. The van der Waals surface area contributed by atoms with E-state index in [1.807, 2.05) is 30.3 Å². The number of allylic oxidation sites excluding steroid dienone is 2. The number of benzene rings is 1. The van der Waals surface area contributed by atoms with Crippen molar-refractivity contribution < 1.29 is 4.74 Å². The zero-order valence-corrected chi connectivity index (χ0v) is 8.34. The second-order valence-electron chi connectivity index (χ2n) is 2.36. The molecule has 4 nitrogen and oxygen atoms in total. The summed E-state index contributed by atoms with van der Waals surface area (Å²) in [6, 6.07) is 12.9. The minimum absolute atomic E-state index is 0.0532. The van der Waals surface area contributed by atoms with Gasteiger partial charge in [0.25, 0.3) is 0 Å². The second-order valence-corrected chi connectivity index (χ2v) is 2.36. The fourth-order valence-corrected chi connectivity index (χ4v) is 0.658. The maximum Gasteiger partial charge on any atom is 0.121 e. The predicted octanol–water partition coefficient (Wildman–Crippen LogP) is 1.57. The van der Waals surface area contributed by atoms with Crippen LogP contribution in [0.2, 0.25) is 0 Å². The van der Waals surface area contributed by atoms with Crippen molar-refractivity contribution in [2.24, 2.45) is 5.73 Å². The summed E-state index contributed by atoms with van der Waals surface area (Å²) >= 11 is 0. The maximum absolute atomic E-state index is 7.87. The summed E-state index contributed by atoms with van der Waals surface area (Å²) in [5.41, 5.74) is 4.81. The molecule has 1 rings (SSSR count). The van der Waals surface area contributed by atoms with Crippen molar-refractivity contribution in [1.82, 2.24) is 0 Å². The third kappa shape index (κ3) is 6.68. The average molecular weight is 201 g/mol. The van der Waals surface area contributed by atoms with Gasteiger partial charge in [-0.25, -0.2) is 0 Å². The minimum Gasteiger partial charge on any atom is -0.497 e. The van der Waals surface area contributed by atoms with Crippen molar-refractivity contribution in [1.29, 1.82) is 10.5 Å². The fourth-order valence-electron chi connectivity index (χ4n) is 0.658. The molecule has 0 spiro atoms. The van der Waals surface area contributed by atoms with Gasteiger partial charge in [-0.15, -0.1) is 0 Å². The van der Waals surface area contributed by atoms with Crippen LogP contribution in [0.25, 0.3) is 0 Å². The molecule has 0 atom stereocenters. The Hall–Kier alpha value is -2.46. The highest BCUT2D eigenvalue weighted by Gasteiger charge is 1.80. The van der Waals surface area contributed by atoms with E-state index in [1.165, 1.54) is 0 Å². The van der Waals surface area contributed by atoms with E-state index in [-0.39, 0.29) is 5.70 Å². The molecule has 0 saturated heterocycles. The molecule has 0 unspecified atom stereocenters. The van der Waals surface area contributed by atoms with Crippen LogP contribution in [0.1, 0.15) is 0 Å². The van der Waals surface area contributed by atoms with Gasteiger partial charge in [0, 0.05) is 6.08 Å². The Morgan fingerprint density at radius 2 is 1.93 bits per heavy atom. The number of para-hydroxylation sites is 1. The number of nitriles is 2. The number of ether oxygens (including phenoxy) is 1. The summed E-state index contributed by atoms with van der Waals surface area (Å²) in [6.45, 7) is 0. The van der Waals surface area contributed by atoms with Gasteiger partial charge in [-0.1, -0.05) is 18.2 Å². The molecule has 1 aromatic carbocycles. The van der Waals surface area contributed by atoms with E-state index in [0.717, 1.165) is 11.8 Å². The summed E-state index contributed by atoms with van der Waals surface area (Å²) < 4.78 is 4.91. The predicted molar refractivity (Wildman–Crippen MR) is 56.5 cm³/mol. The van der Waals surface area contributed by atoms with Gasteiger partial charge in [-0.2, -0.15) is 10.5 Å². The lowest BCUT2D eigenvalue weighted by Crippen LogP contribution is -1.90. The zero-order chi connectivity index (χ0) is 11.5. The number of rotatable bonds is 1. The number of nitrogens with zero attached hydrogens (tertiary/aromatic N) is 2. The van der Waals surface area contributed by atoms with Crippen LogP contribution in [0, 0.1) is 22.7 Å². The van der Waals surface area contributed by atoms with Crippen LogP contribution in [0.3, 0.4) is 0 Å². The molecular weight excluding hydrogens is 190 g/mol. The van der Waals surface area contributed by atoms with Crippen LogP contribution < -0.4 is 10.5 Å². The third-order valence-electron chi connectivity index (χ3n) is 1.33. The Morgan fingerprint density at radius 1 is 1.33 bits per heavy atom. The van der Waals surface area contributed by atoms with Crippen LogP contribution in [0.5, 0.6) is 5.75 Å². The molecule has 0 aliphatic heterocycles. The van der Waals surface area contributed by atoms with E-state index in [4.69, 9.17) is 21.0 Å². The second kappa shape index (κ2) is 8.15. The lowest BCUT2D eigenvalue weighted by molar-refractivity contribution is 0.415. The highest BCUT2D eigenvalue weighted by molar-refractivity contribution is 5.22. The summed E-state index contributed by atoms with van der Waals surface area (Å²) in [6.07, 6.45) is 0.986. The first-order chi connectivity index (χ1) is 7.24. The van der Waals surface area contributed by atoms with Crippen molar-refractivity contribution in [3.05, 3.63) is 42.1 Å². The molecule has 0 amide bonds. The monoisotopic (exact) mass is 201 g/mol. The fraction of sp³-hybridized carbons (Fsp3) is 0.0909. The molecule has 15 heavy (non-hydrogen) atoms. The number of nitrogens with two attached hydrogens (primary N) is 1. The molecule has 0 heterocycles. The smallest absolute Gasteiger partial charge is 0.121 e. The summed E-state index contributed by atoms with van der Waals surface area (Å²) in [4.78, 5) is 0. The van der Waals surface area contributed by atoms with Gasteiger partial charge in [0.2, 0.25) is 0 Å². The molecule has 76 valence electrons. The van der Waals surface area contributed by atoms with E-state index in [0.29, 0.717) is 0 Å². The molecule has 0 saturated carbocycles. The Bertz CT molecular complexity index is 385. The van der Waals surface area contributed by atoms with Gasteiger partial charge in [0.1, 0.15) is 17.5 Å². The van der Waals surface area contributed by atoms with Crippen LogP contribution in [0.15, 0.2) is 42.1 Å². The van der Waals surface area contributed by atoms with Crippen molar-refractivity contribution >= 4 is 0 Å². The summed E-state index contributed by atoms with van der Waals surface area (Å²) in [5, 5.41) is 15.7. The largest absolute Gasteiger partial charge is 0.497 e. The van der Waals surface area contributed by atoms with Crippen LogP contribution in [0.4, 0.5) is 0 Å². The molecule has 2 N–H and O–H groups in total. The number of hydrogen-bond donors (Lipinski definition) is 1. The van der Waals surface area contributed by atoms with Crippen molar-refractivity contribution in [3.8, 4) is 17.9 Å². The number of methoxy groups -OCH3 is 1. The van der Waals surface area contributed by atoms with Gasteiger partial charge in [0.15, 0.2) is 0 Å². The molecule has 1 aromatic rings. The normalized spacial score (nSPS) is 8.87. The third-order valence-corrected chi connectivity index (χ3v) is 1.33. The first-order valence-electron chi connectivity index (χ1n) is 4.09. The maximum atomic E-state index is 7.87. The molecule has 0 fully saturated rings. The van der Waals surface area contributed by atoms with E-state index in [2.05, 4.69) is 0 Å². The Morgan fingerprint density at radius 3 is 2.20 bits per heavy atom. The minimum atomic E-state index is -0.0532. The molecule has 0 aliphatic rings.